The molecule has 0 heterocycles. The minimum atomic E-state index is -0.944. The maximum atomic E-state index is 11.8. The Kier molecular flexibility index (Phi) is 7.12. The molecule has 0 aliphatic carbocycles. The van der Waals surface area contributed by atoms with Gasteiger partial charge in [-0.15, -0.1) is 0 Å². The monoisotopic (exact) mass is 396 g/mol. The Bertz CT molecular complexity index is 684. The fourth-order valence-electron chi connectivity index (χ4n) is 1.48. The molecule has 0 unspecified atom stereocenters. The molecule has 0 amide bonds. The maximum Gasteiger partial charge on any atom is 0.387 e. The summed E-state index contributed by atoms with van der Waals surface area (Å²) < 4.78 is 0. The molecule has 2 N–H and O–H groups in total. The molecule has 0 aromatic heterocycles. The highest BCUT2D eigenvalue weighted by Gasteiger charge is 2.18. The van der Waals surface area contributed by atoms with Gasteiger partial charge in [-0.3, -0.25) is 0 Å². The number of hydrogen-bond donors (Lipinski definition) is 0. The van der Waals surface area contributed by atoms with E-state index in [0.29, 0.717) is 10.0 Å². The van der Waals surface area contributed by atoms with E-state index in [1.165, 1.54) is 36.4 Å². The van der Waals surface area contributed by atoms with Crippen molar-refractivity contribution in [1.29, 1.82) is 0 Å². The van der Waals surface area contributed by atoms with Gasteiger partial charge in [-0.2, -0.15) is 0 Å². The minimum Gasteiger partial charge on any atom is -0.412 e. The van der Waals surface area contributed by atoms with E-state index in [1.54, 1.807) is 0 Å². The summed E-state index contributed by atoms with van der Waals surface area (Å²) in [6, 6.07) is 8.30. The lowest BCUT2D eigenvalue weighted by Crippen LogP contribution is -2.12. The van der Waals surface area contributed by atoms with Crippen LogP contribution < -0.4 is 0 Å². The molecule has 0 fully saturated rings. The average molecular weight is 398 g/mol. The zero-order valence-corrected chi connectivity index (χ0v) is 14.1. The topological polar surface area (TPSA) is 84.1 Å². The number of carbonyl (C=O) groups is 2. The summed E-state index contributed by atoms with van der Waals surface area (Å²) in [6.07, 6.45) is 0. The Morgan fingerprint density at radius 2 is 1.04 bits per heavy atom. The van der Waals surface area contributed by atoms with Gasteiger partial charge >= 0.3 is 11.9 Å². The molecular formula is C14H8Cl4O5. The number of hydrogen-bond acceptors (Lipinski definition) is 4. The van der Waals surface area contributed by atoms with E-state index in [-0.39, 0.29) is 26.6 Å². The summed E-state index contributed by atoms with van der Waals surface area (Å²) in [5.74, 6) is -1.89. The molecule has 2 aromatic rings. The first kappa shape index (κ1) is 19.5. The average Bonchev–Trinajstić information content (AvgIpc) is 2.44. The zero-order chi connectivity index (χ0) is 16.3. The third-order valence-electron chi connectivity index (χ3n) is 2.50. The fourth-order valence-corrected chi connectivity index (χ4v) is 2.45. The van der Waals surface area contributed by atoms with Gasteiger partial charge in [-0.25, -0.2) is 19.4 Å². The highest BCUT2D eigenvalue weighted by molar-refractivity contribution is 6.37. The first-order valence-electron chi connectivity index (χ1n) is 5.72. The first-order chi connectivity index (χ1) is 10.4. The molecule has 0 atom stereocenters. The van der Waals surface area contributed by atoms with E-state index in [9.17, 15) is 9.59 Å². The third kappa shape index (κ3) is 4.99. The Morgan fingerprint density at radius 3 is 1.35 bits per heavy atom. The SMILES string of the molecule is O.O=C(OOC(=O)c1ccc(Cl)cc1Cl)c1ccc(Cl)cc1Cl. The van der Waals surface area contributed by atoms with Gasteiger partial charge in [-0.1, -0.05) is 46.4 Å². The smallest absolute Gasteiger partial charge is 0.387 e. The minimum absolute atomic E-state index is 0. The van der Waals surface area contributed by atoms with Crippen molar-refractivity contribution in [2.24, 2.45) is 0 Å². The lowest BCUT2D eigenvalue weighted by molar-refractivity contribution is -0.187. The summed E-state index contributed by atoms with van der Waals surface area (Å²) in [7, 11) is 0. The van der Waals surface area contributed by atoms with Crippen LogP contribution in [0.1, 0.15) is 20.7 Å². The Hall–Kier alpha value is -1.50. The van der Waals surface area contributed by atoms with E-state index >= 15 is 0 Å². The van der Waals surface area contributed by atoms with Crippen molar-refractivity contribution in [1.82, 2.24) is 0 Å². The Balaban J connectivity index is 0.00000264. The fraction of sp³-hybridized carbons (Fsp3) is 0. The van der Waals surface area contributed by atoms with E-state index in [4.69, 9.17) is 46.4 Å². The van der Waals surface area contributed by atoms with Crippen LogP contribution in [-0.2, 0) is 9.78 Å². The van der Waals surface area contributed by atoms with Crippen molar-refractivity contribution in [3.05, 3.63) is 67.6 Å². The lowest BCUT2D eigenvalue weighted by Gasteiger charge is -2.06. The molecule has 0 spiro atoms. The summed E-state index contributed by atoms with van der Waals surface area (Å²) in [5, 5.41) is 0.842. The molecule has 0 aliphatic heterocycles. The highest BCUT2D eigenvalue weighted by atomic mass is 35.5. The van der Waals surface area contributed by atoms with Crippen molar-refractivity contribution in [3.63, 3.8) is 0 Å². The van der Waals surface area contributed by atoms with Gasteiger partial charge in [0.1, 0.15) is 0 Å². The Morgan fingerprint density at radius 1 is 0.696 bits per heavy atom. The zero-order valence-electron chi connectivity index (χ0n) is 11.1. The molecule has 5 nitrogen and oxygen atoms in total. The van der Waals surface area contributed by atoms with Crippen LogP contribution in [0.5, 0.6) is 0 Å². The van der Waals surface area contributed by atoms with Crippen LogP contribution in [0.15, 0.2) is 36.4 Å². The predicted octanol–water partition coefficient (Wildman–Crippen LogP) is 4.40. The van der Waals surface area contributed by atoms with E-state index in [2.05, 4.69) is 9.78 Å². The first-order valence-corrected chi connectivity index (χ1v) is 7.23. The second-order valence-corrected chi connectivity index (χ2v) is 5.68. The van der Waals surface area contributed by atoms with Gasteiger partial charge in [0.2, 0.25) is 0 Å². The normalized spacial score (nSPS) is 9.74. The number of halogens is 4. The quantitative estimate of drug-likeness (QED) is 0.555. The van der Waals surface area contributed by atoms with Crippen LogP contribution in [0, 0.1) is 0 Å². The molecule has 9 heteroatoms. The number of rotatable bonds is 2. The van der Waals surface area contributed by atoms with Gasteiger partial charge in [0.05, 0.1) is 21.2 Å². The van der Waals surface area contributed by atoms with Crippen LogP contribution in [0.25, 0.3) is 0 Å². The van der Waals surface area contributed by atoms with Crippen molar-refractivity contribution in [2.45, 2.75) is 0 Å². The second-order valence-electron chi connectivity index (χ2n) is 3.99. The molecule has 122 valence electrons. The van der Waals surface area contributed by atoms with E-state index in [0.717, 1.165) is 0 Å². The maximum absolute atomic E-state index is 11.8. The largest absolute Gasteiger partial charge is 0.412 e. The second kappa shape index (κ2) is 8.38. The van der Waals surface area contributed by atoms with E-state index in [1.807, 2.05) is 0 Å². The predicted molar refractivity (Wildman–Crippen MR) is 87.4 cm³/mol. The van der Waals surface area contributed by atoms with Crippen molar-refractivity contribution >= 4 is 58.3 Å². The molecule has 0 saturated heterocycles. The summed E-state index contributed by atoms with van der Waals surface area (Å²) in [5.41, 5.74) is 0.00198. The molecule has 0 saturated carbocycles. The summed E-state index contributed by atoms with van der Waals surface area (Å²) >= 11 is 23.1. The van der Waals surface area contributed by atoms with Gasteiger partial charge in [0.15, 0.2) is 0 Å². The number of carbonyl (C=O) groups excluding carboxylic acids is 2. The van der Waals surface area contributed by atoms with Crippen LogP contribution >= 0.6 is 46.4 Å². The van der Waals surface area contributed by atoms with Gasteiger partial charge in [-0.05, 0) is 36.4 Å². The van der Waals surface area contributed by atoms with Crippen molar-refractivity contribution in [3.8, 4) is 0 Å². The molecule has 2 aromatic carbocycles. The molecule has 0 bridgehead atoms. The van der Waals surface area contributed by atoms with Crippen LogP contribution in [-0.4, -0.2) is 17.4 Å². The number of benzene rings is 2. The van der Waals surface area contributed by atoms with Gasteiger partial charge in [0, 0.05) is 10.0 Å². The standard InChI is InChI=1S/C14H6Cl4O4.H2O/c15-7-1-3-9(11(17)5-7)13(19)21-22-14(20)10-4-2-8(16)6-12(10)18;/h1-6H;1H2. The van der Waals surface area contributed by atoms with Gasteiger partial charge in [0.25, 0.3) is 0 Å². The Labute approximate surface area is 150 Å². The molecule has 0 aliphatic rings. The summed E-state index contributed by atoms with van der Waals surface area (Å²) in [4.78, 5) is 32.4. The molecule has 23 heavy (non-hydrogen) atoms. The van der Waals surface area contributed by atoms with Crippen LogP contribution in [0.3, 0.4) is 0 Å². The molecule has 2 rings (SSSR count). The lowest BCUT2D eigenvalue weighted by atomic mass is 10.2. The van der Waals surface area contributed by atoms with Crippen molar-refractivity contribution < 1.29 is 24.8 Å². The third-order valence-corrected chi connectivity index (χ3v) is 3.59. The van der Waals surface area contributed by atoms with Gasteiger partial charge < -0.3 is 5.48 Å². The highest BCUT2D eigenvalue weighted by Crippen LogP contribution is 2.23. The van der Waals surface area contributed by atoms with E-state index < -0.39 is 11.9 Å². The molecular weight excluding hydrogens is 390 g/mol. The van der Waals surface area contributed by atoms with Crippen LogP contribution in [0.2, 0.25) is 20.1 Å². The summed E-state index contributed by atoms with van der Waals surface area (Å²) in [6.45, 7) is 0. The molecule has 0 radical (unpaired) electrons. The van der Waals surface area contributed by atoms with Crippen molar-refractivity contribution in [2.75, 3.05) is 0 Å². The van der Waals surface area contributed by atoms with Crippen LogP contribution in [0.4, 0.5) is 0 Å².